The molecule has 0 atom stereocenters. The lowest BCUT2D eigenvalue weighted by Crippen LogP contribution is -2.37. The molecular formula is C8H20N2O3S. The SMILES string of the molecule is CCOCCN(CC)S(=O)(=O)CCN. The fraction of sp³-hybridized carbons (Fsp3) is 1.00. The van der Waals surface area contributed by atoms with Crippen LogP contribution in [-0.2, 0) is 14.8 Å². The van der Waals surface area contributed by atoms with Gasteiger partial charge in [0.15, 0.2) is 0 Å². The number of hydrogen-bond donors (Lipinski definition) is 1. The quantitative estimate of drug-likeness (QED) is 0.571. The molecule has 0 aliphatic rings. The van der Waals surface area contributed by atoms with Crippen LogP contribution in [0.15, 0.2) is 0 Å². The van der Waals surface area contributed by atoms with E-state index in [2.05, 4.69) is 0 Å². The molecule has 0 aromatic heterocycles. The third-order valence-corrected chi connectivity index (χ3v) is 3.79. The molecule has 0 heterocycles. The fourth-order valence-electron chi connectivity index (χ4n) is 1.08. The largest absolute Gasteiger partial charge is 0.380 e. The van der Waals surface area contributed by atoms with Crippen LogP contribution in [0.3, 0.4) is 0 Å². The zero-order chi connectivity index (χ0) is 11.0. The van der Waals surface area contributed by atoms with E-state index in [0.717, 1.165) is 0 Å². The molecule has 0 aromatic rings. The first-order chi connectivity index (χ1) is 6.58. The smallest absolute Gasteiger partial charge is 0.215 e. The second-order valence-electron chi connectivity index (χ2n) is 2.79. The maximum Gasteiger partial charge on any atom is 0.215 e. The van der Waals surface area contributed by atoms with Crippen molar-refractivity contribution in [3.63, 3.8) is 0 Å². The third kappa shape index (κ3) is 4.90. The number of rotatable bonds is 8. The Morgan fingerprint density at radius 3 is 2.43 bits per heavy atom. The molecule has 0 unspecified atom stereocenters. The van der Waals surface area contributed by atoms with E-state index in [0.29, 0.717) is 26.3 Å². The first kappa shape index (κ1) is 13.8. The van der Waals surface area contributed by atoms with Crippen LogP contribution in [0.2, 0.25) is 0 Å². The molecule has 0 spiro atoms. The highest BCUT2D eigenvalue weighted by atomic mass is 32.2. The van der Waals surface area contributed by atoms with Crippen LogP contribution in [0.25, 0.3) is 0 Å². The van der Waals surface area contributed by atoms with Crippen molar-refractivity contribution in [2.24, 2.45) is 5.73 Å². The van der Waals surface area contributed by atoms with Crippen molar-refractivity contribution in [3.8, 4) is 0 Å². The summed E-state index contributed by atoms with van der Waals surface area (Å²) in [5.41, 5.74) is 5.22. The lowest BCUT2D eigenvalue weighted by molar-refractivity contribution is 0.135. The van der Waals surface area contributed by atoms with Crippen LogP contribution in [-0.4, -0.2) is 51.3 Å². The van der Waals surface area contributed by atoms with Gasteiger partial charge in [0.1, 0.15) is 0 Å². The highest BCUT2D eigenvalue weighted by Gasteiger charge is 2.18. The molecule has 0 amide bonds. The Morgan fingerprint density at radius 1 is 1.36 bits per heavy atom. The van der Waals surface area contributed by atoms with E-state index in [4.69, 9.17) is 10.5 Å². The number of sulfonamides is 1. The van der Waals surface area contributed by atoms with Crippen LogP contribution in [0.1, 0.15) is 13.8 Å². The molecule has 5 nitrogen and oxygen atoms in total. The average molecular weight is 224 g/mol. The van der Waals surface area contributed by atoms with E-state index in [1.807, 2.05) is 6.92 Å². The van der Waals surface area contributed by atoms with Crippen LogP contribution in [0, 0.1) is 0 Å². The van der Waals surface area contributed by atoms with Gasteiger partial charge in [-0.2, -0.15) is 4.31 Å². The standard InChI is InChI=1S/C8H20N2O3S/c1-3-10(6-7-13-4-2)14(11,12)8-5-9/h3-9H2,1-2H3. The van der Waals surface area contributed by atoms with Gasteiger partial charge in [0, 0.05) is 26.2 Å². The van der Waals surface area contributed by atoms with Gasteiger partial charge in [-0.05, 0) is 6.92 Å². The topological polar surface area (TPSA) is 72.6 Å². The van der Waals surface area contributed by atoms with Gasteiger partial charge in [-0.3, -0.25) is 0 Å². The molecule has 0 aliphatic heterocycles. The van der Waals surface area contributed by atoms with Gasteiger partial charge >= 0.3 is 0 Å². The second kappa shape index (κ2) is 7.17. The number of likely N-dealkylation sites (N-methyl/N-ethyl adjacent to an activating group) is 1. The number of nitrogens with zero attached hydrogens (tertiary/aromatic N) is 1. The maximum atomic E-state index is 11.5. The zero-order valence-corrected chi connectivity index (χ0v) is 9.72. The second-order valence-corrected chi connectivity index (χ2v) is 4.88. The molecule has 2 N–H and O–H groups in total. The number of ether oxygens (including phenoxy) is 1. The Morgan fingerprint density at radius 2 is 2.00 bits per heavy atom. The molecular weight excluding hydrogens is 204 g/mol. The number of nitrogens with two attached hydrogens (primary N) is 1. The Bertz CT molecular complexity index is 229. The first-order valence-electron chi connectivity index (χ1n) is 4.84. The van der Waals surface area contributed by atoms with Crippen molar-refractivity contribution in [2.45, 2.75) is 13.8 Å². The molecule has 0 saturated carbocycles. The van der Waals surface area contributed by atoms with Crippen molar-refractivity contribution >= 4 is 10.0 Å². The molecule has 0 aliphatic carbocycles. The van der Waals surface area contributed by atoms with Crippen LogP contribution in [0.5, 0.6) is 0 Å². The van der Waals surface area contributed by atoms with E-state index < -0.39 is 10.0 Å². The lowest BCUT2D eigenvalue weighted by atomic mass is 10.6. The Labute approximate surface area is 86.3 Å². The summed E-state index contributed by atoms with van der Waals surface area (Å²) in [4.78, 5) is 0. The summed E-state index contributed by atoms with van der Waals surface area (Å²) in [5, 5.41) is 0. The predicted octanol–water partition coefficient (Wildman–Crippen LogP) is -0.367. The van der Waals surface area contributed by atoms with E-state index in [1.54, 1.807) is 6.92 Å². The van der Waals surface area contributed by atoms with E-state index >= 15 is 0 Å². The van der Waals surface area contributed by atoms with E-state index in [1.165, 1.54) is 4.31 Å². The molecule has 0 aromatic carbocycles. The van der Waals surface area contributed by atoms with Gasteiger partial charge in [-0.15, -0.1) is 0 Å². The van der Waals surface area contributed by atoms with Crippen molar-refractivity contribution in [2.75, 3.05) is 38.6 Å². The third-order valence-electron chi connectivity index (χ3n) is 1.81. The van der Waals surface area contributed by atoms with Gasteiger partial charge in [0.2, 0.25) is 10.0 Å². The summed E-state index contributed by atoms with van der Waals surface area (Å²) >= 11 is 0. The Kier molecular flexibility index (Phi) is 7.08. The fourth-order valence-corrected chi connectivity index (χ4v) is 2.38. The zero-order valence-electron chi connectivity index (χ0n) is 8.90. The lowest BCUT2D eigenvalue weighted by Gasteiger charge is -2.19. The highest BCUT2D eigenvalue weighted by Crippen LogP contribution is 2.00. The molecule has 0 bridgehead atoms. The monoisotopic (exact) mass is 224 g/mol. The van der Waals surface area contributed by atoms with Crippen molar-refractivity contribution < 1.29 is 13.2 Å². The van der Waals surface area contributed by atoms with Crippen molar-refractivity contribution in [3.05, 3.63) is 0 Å². The average Bonchev–Trinajstić information content (AvgIpc) is 2.12. The summed E-state index contributed by atoms with van der Waals surface area (Å²) in [7, 11) is -3.17. The van der Waals surface area contributed by atoms with Crippen molar-refractivity contribution in [1.82, 2.24) is 4.31 Å². The first-order valence-corrected chi connectivity index (χ1v) is 6.45. The van der Waals surface area contributed by atoms with Gasteiger partial charge in [-0.1, -0.05) is 6.92 Å². The summed E-state index contributed by atoms with van der Waals surface area (Å²) in [6.45, 7) is 5.77. The minimum absolute atomic E-state index is 0.00691. The molecule has 86 valence electrons. The highest BCUT2D eigenvalue weighted by molar-refractivity contribution is 7.89. The molecule has 14 heavy (non-hydrogen) atoms. The normalized spacial score (nSPS) is 12.3. The van der Waals surface area contributed by atoms with Crippen LogP contribution < -0.4 is 5.73 Å². The molecule has 0 fully saturated rings. The van der Waals surface area contributed by atoms with Gasteiger partial charge < -0.3 is 10.5 Å². The van der Waals surface area contributed by atoms with E-state index in [-0.39, 0.29) is 12.3 Å². The molecule has 6 heteroatoms. The molecule has 0 rings (SSSR count). The van der Waals surface area contributed by atoms with Gasteiger partial charge in [-0.25, -0.2) is 8.42 Å². The van der Waals surface area contributed by atoms with Crippen LogP contribution >= 0.6 is 0 Å². The molecule has 0 radical (unpaired) electrons. The van der Waals surface area contributed by atoms with Crippen LogP contribution in [0.4, 0.5) is 0 Å². The minimum Gasteiger partial charge on any atom is -0.380 e. The Hall–Kier alpha value is -0.170. The molecule has 0 saturated heterocycles. The van der Waals surface area contributed by atoms with Gasteiger partial charge in [0.25, 0.3) is 0 Å². The predicted molar refractivity (Wildman–Crippen MR) is 56.6 cm³/mol. The summed E-state index contributed by atoms with van der Waals surface area (Å²) < 4.78 is 29.6. The number of hydrogen-bond acceptors (Lipinski definition) is 4. The maximum absolute atomic E-state index is 11.5. The van der Waals surface area contributed by atoms with Gasteiger partial charge in [0.05, 0.1) is 12.4 Å². The Balaban J connectivity index is 4.11. The summed E-state index contributed by atoms with van der Waals surface area (Å²) in [6.07, 6.45) is 0. The summed E-state index contributed by atoms with van der Waals surface area (Å²) in [6, 6.07) is 0. The summed E-state index contributed by atoms with van der Waals surface area (Å²) in [5.74, 6) is 0.00691. The van der Waals surface area contributed by atoms with E-state index in [9.17, 15) is 8.42 Å². The minimum atomic E-state index is -3.17. The van der Waals surface area contributed by atoms with Crippen molar-refractivity contribution in [1.29, 1.82) is 0 Å².